The van der Waals surface area contributed by atoms with Gasteiger partial charge in [-0.3, -0.25) is 0 Å². The van der Waals surface area contributed by atoms with Crippen LogP contribution < -0.4 is 10.1 Å². The molecule has 5 nitrogen and oxygen atoms in total. The van der Waals surface area contributed by atoms with Crippen LogP contribution in [-0.2, 0) is 11.3 Å². The lowest BCUT2D eigenvalue weighted by Gasteiger charge is -2.26. The van der Waals surface area contributed by atoms with Crippen LogP contribution in [0.2, 0.25) is 0 Å². The van der Waals surface area contributed by atoms with Crippen molar-refractivity contribution in [3.63, 3.8) is 0 Å². The van der Waals surface area contributed by atoms with Crippen LogP contribution in [-0.4, -0.2) is 29.4 Å². The summed E-state index contributed by atoms with van der Waals surface area (Å²) in [5.41, 5.74) is 0. The molecule has 1 unspecified atom stereocenters. The molecule has 0 aromatic carbocycles. The Labute approximate surface area is 148 Å². The summed E-state index contributed by atoms with van der Waals surface area (Å²) in [6.07, 6.45) is 10.3. The fourth-order valence-electron chi connectivity index (χ4n) is 3.59. The van der Waals surface area contributed by atoms with E-state index in [0.717, 1.165) is 49.6 Å². The summed E-state index contributed by atoms with van der Waals surface area (Å²) < 4.78 is 7.91. The highest BCUT2D eigenvalue weighted by Gasteiger charge is 2.20. The molecule has 2 heterocycles. The molecular formula is C18H29N3O2S. The standard InChI is InChI=1S/C18H29N3O2S/c1-13-6-8-15(9-7-13)19-17(22)20-18-21(11-14(2)24-18)12-16-5-3-4-10-23-16/h11,13,15-16H,3-10,12H2,1-2H3,(H,19,22)/b20-18-. The van der Waals surface area contributed by atoms with E-state index in [9.17, 15) is 4.79 Å². The van der Waals surface area contributed by atoms with Gasteiger partial charge in [0, 0.05) is 23.7 Å². The number of rotatable bonds is 3. The third-order valence-corrected chi connectivity index (χ3v) is 5.99. The van der Waals surface area contributed by atoms with Gasteiger partial charge in [0.25, 0.3) is 0 Å². The fourth-order valence-corrected chi connectivity index (χ4v) is 4.43. The molecule has 1 aromatic heterocycles. The third kappa shape index (κ3) is 4.93. The quantitative estimate of drug-likeness (QED) is 0.904. The topological polar surface area (TPSA) is 55.6 Å². The van der Waals surface area contributed by atoms with Crippen molar-refractivity contribution in [2.24, 2.45) is 10.9 Å². The monoisotopic (exact) mass is 351 g/mol. The number of amides is 2. The van der Waals surface area contributed by atoms with E-state index in [2.05, 4.69) is 34.9 Å². The number of carbonyl (C=O) groups is 1. The minimum Gasteiger partial charge on any atom is -0.376 e. The van der Waals surface area contributed by atoms with Crippen molar-refractivity contribution in [3.8, 4) is 0 Å². The lowest BCUT2D eigenvalue weighted by molar-refractivity contribution is 0.00556. The third-order valence-electron chi connectivity index (χ3n) is 5.05. The second-order valence-corrected chi connectivity index (χ2v) is 8.50. The predicted octanol–water partition coefficient (Wildman–Crippen LogP) is 3.62. The molecular weight excluding hydrogens is 322 g/mol. The first-order chi connectivity index (χ1) is 11.6. The highest BCUT2D eigenvalue weighted by Crippen LogP contribution is 2.23. The summed E-state index contributed by atoms with van der Waals surface area (Å²) >= 11 is 1.57. The van der Waals surface area contributed by atoms with Crippen molar-refractivity contribution in [2.75, 3.05) is 6.61 Å². The number of hydrogen-bond acceptors (Lipinski definition) is 3. The number of thiazole rings is 1. The number of nitrogens with zero attached hydrogens (tertiary/aromatic N) is 2. The molecule has 1 N–H and O–H groups in total. The van der Waals surface area contributed by atoms with Crippen LogP contribution in [0, 0.1) is 12.8 Å². The van der Waals surface area contributed by atoms with Crippen molar-refractivity contribution in [1.82, 2.24) is 9.88 Å². The summed E-state index contributed by atoms with van der Waals surface area (Å²) in [7, 11) is 0. The van der Waals surface area contributed by atoms with E-state index < -0.39 is 0 Å². The lowest BCUT2D eigenvalue weighted by Crippen LogP contribution is -2.37. The predicted molar refractivity (Wildman–Crippen MR) is 96.2 cm³/mol. The van der Waals surface area contributed by atoms with Crippen molar-refractivity contribution in [2.45, 2.75) is 77.5 Å². The molecule has 0 radical (unpaired) electrons. The van der Waals surface area contributed by atoms with Gasteiger partial charge in [-0.1, -0.05) is 6.92 Å². The number of aryl methyl sites for hydroxylation is 1. The Kier molecular flexibility index (Phi) is 6.11. The zero-order valence-corrected chi connectivity index (χ0v) is 15.6. The maximum atomic E-state index is 12.3. The second-order valence-electron chi connectivity index (χ2n) is 7.28. The molecule has 1 aliphatic carbocycles. The Morgan fingerprint density at radius 2 is 2.12 bits per heavy atom. The van der Waals surface area contributed by atoms with Crippen molar-refractivity contribution < 1.29 is 9.53 Å². The number of carbonyl (C=O) groups excluding carboxylic acids is 1. The Balaban J connectivity index is 1.64. The molecule has 2 aliphatic rings. The molecule has 6 heteroatoms. The fraction of sp³-hybridized carbons (Fsp3) is 0.778. The summed E-state index contributed by atoms with van der Waals surface area (Å²) in [5.74, 6) is 0.785. The summed E-state index contributed by atoms with van der Waals surface area (Å²) in [6.45, 7) is 5.98. The van der Waals surface area contributed by atoms with E-state index in [1.807, 2.05) is 0 Å². The molecule has 24 heavy (non-hydrogen) atoms. The molecule has 1 aliphatic heterocycles. The number of hydrogen-bond donors (Lipinski definition) is 1. The van der Waals surface area contributed by atoms with Crippen LogP contribution in [0.1, 0.15) is 56.7 Å². The van der Waals surface area contributed by atoms with Crippen molar-refractivity contribution in [1.29, 1.82) is 0 Å². The highest BCUT2D eigenvalue weighted by atomic mass is 32.1. The second kappa shape index (κ2) is 8.30. The van der Waals surface area contributed by atoms with E-state index in [-0.39, 0.29) is 18.2 Å². The molecule has 1 aromatic rings. The Morgan fingerprint density at radius 3 is 2.83 bits per heavy atom. The molecule has 1 saturated heterocycles. The van der Waals surface area contributed by atoms with Crippen LogP contribution in [0.15, 0.2) is 11.2 Å². The Bertz CT molecular complexity index is 608. The first-order valence-electron chi connectivity index (χ1n) is 9.24. The van der Waals surface area contributed by atoms with Crippen LogP contribution in [0.25, 0.3) is 0 Å². The zero-order chi connectivity index (χ0) is 16.9. The lowest BCUT2D eigenvalue weighted by atomic mass is 9.87. The first-order valence-corrected chi connectivity index (χ1v) is 10.1. The van der Waals surface area contributed by atoms with Gasteiger partial charge in [0.05, 0.1) is 12.6 Å². The Morgan fingerprint density at radius 1 is 1.33 bits per heavy atom. The molecule has 2 amide bonds. The minimum atomic E-state index is -0.199. The van der Waals surface area contributed by atoms with Crippen LogP contribution in [0.3, 0.4) is 0 Å². The number of aromatic nitrogens is 1. The maximum Gasteiger partial charge on any atom is 0.343 e. The molecule has 0 bridgehead atoms. The van der Waals surface area contributed by atoms with Gasteiger partial charge >= 0.3 is 6.03 Å². The van der Waals surface area contributed by atoms with Gasteiger partial charge in [0.2, 0.25) is 0 Å². The average Bonchev–Trinajstić information content (AvgIpc) is 2.89. The summed E-state index contributed by atoms with van der Waals surface area (Å²) in [4.78, 5) is 18.6. The molecule has 3 rings (SSSR count). The first kappa shape index (κ1) is 17.7. The van der Waals surface area contributed by atoms with Crippen LogP contribution in [0.5, 0.6) is 0 Å². The largest absolute Gasteiger partial charge is 0.376 e. The van der Waals surface area contributed by atoms with Gasteiger partial charge in [-0.05, 0) is 57.8 Å². The normalized spacial score (nSPS) is 28.8. The van der Waals surface area contributed by atoms with E-state index in [0.29, 0.717) is 0 Å². The molecule has 1 saturated carbocycles. The summed E-state index contributed by atoms with van der Waals surface area (Å²) in [5, 5.41) is 3.08. The van der Waals surface area contributed by atoms with Crippen molar-refractivity contribution >= 4 is 17.4 Å². The number of ether oxygens (including phenoxy) is 1. The molecule has 134 valence electrons. The van der Waals surface area contributed by atoms with Gasteiger partial charge in [0.1, 0.15) is 0 Å². The average molecular weight is 352 g/mol. The van der Waals surface area contributed by atoms with E-state index in [4.69, 9.17) is 4.74 Å². The van der Waals surface area contributed by atoms with Gasteiger partial charge in [0.15, 0.2) is 4.80 Å². The number of urea groups is 1. The summed E-state index contributed by atoms with van der Waals surface area (Å²) in [6, 6.07) is 0.0864. The van der Waals surface area contributed by atoms with Gasteiger partial charge in [-0.25, -0.2) is 4.79 Å². The van der Waals surface area contributed by atoms with Crippen molar-refractivity contribution in [3.05, 3.63) is 15.9 Å². The minimum absolute atomic E-state index is 0.199. The van der Waals surface area contributed by atoms with E-state index in [1.165, 1.54) is 24.1 Å². The van der Waals surface area contributed by atoms with E-state index >= 15 is 0 Å². The zero-order valence-electron chi connectivity index (χ0n) is 14.8. The molecule has 1 atom stereocenters. The number of nitrogens with one attached hydrogen (secondary N) is 1. The molecule has 0 spiro atoms. The van der Waals surface area contributed by atoms with Gasteiger partial charge < -0.3 is 14.6 Å². The van der Waals surface area contributed by atoms with Crippen LogP contribution in [0.4, 0.5) is 4.79 Å². The highest BCUT2D eigenvalue weighted by molar-refractivity contribution is 7.09. The van der Waals surface area contributed by atoms with Gasteiger partial charge in [-0.15, -0.1) is 11.3 Å². The smallest absolute Gasteiger partial charge is 0.343 e. The molecule has 2 fully saturated rings. The van der Waals surface area contributed by atoms with Crippen LogP contribution >= 0.6 is 11.3 Å². The maximum absolute atomic E-state index is 12.3. The Hall–Kier alpha value is -1.14. The SMILES string of the molecule is Cc1cn(CC2CCCCO2)/c(=N/C(=O)NC2CCC(C)CC2)s1. The van der Waals surface area contributed by atoms with E-state index in [1.54, 1.807) is 11.3 Å². The van der Waals surface area contributed by atoms with Gasteiger partial charge in [-0.2, -0.15) is 4.99 Å².